The summed E-state index contributed by atoms with van der Waals surface area (Å²) >= 11 is 0. The maximum Gasteiger partial charge on any atom is 0.251 e. The molecule has 0 unspecified atom stereocenters. The lowest BCUT2D eigenvalue weighted by atomic mass is 10.0. The second-order valence-electron chi connectivity index (χ2n) is 7.66. The van der Waals surface area contributed by atoms with E-state index in [9.17, 15) is 4.79 Å². The number of amides is 1. The number of H-pyrrole nitrogens is 1. The predicted octanol–water partition coefficient (Wildman–Crippen LogP) is 4.20. The minimum absolute atomic E-state index is 0.0749. The summed E-state index contributed by atoms with van der Waals surface area (Å²) in [5, 5.41) is 3.97. The van der Waals surface area contributed by atoms with E-state index in [4.69, 9.17) is 4.74 Å². The Morgan fingerprint density at radius 2 is 1.90 bits per heavy atom. The Morgan fingerprint density at radius 3 is 2.71 bits per heavy atom. The highest BCUT2D eigenvalue weighted by Gasteiger charge is 2.13. The van der Waals surface area contributed by atoms with Crippen LogP contribution < -0.4 is 10.1 Å². The van der Waals surface area contributed by atoms with E-state index in [2.05, 4.69) is 21.4 Å². The summed E-state index contributed by atoms with van der Waals surface area (Å²) in [7, 11) is 5.64. The molecule has 0 fully saturated rings. The third-order valence-corrected chi connectivity index (χ3v) is 5.23. The topological polar surface area (TPSA) is 70.2 Å². The fourth-order valence-corrected chi connectivity index (χ4v) is 3.59. The van der Waals surface area contributed by atoms with Crippen LogP contribution >= 0.6 is 0 Å². The second kappa shape index (κ2) is 9.02. The molecule has 158 valence electrons. The standard InChI is InChI=1S/C25H26N4O2/c1-29(2)12-11-26-25(30)18-8-6-7-17(13-18)19-14-21-22(16-28-24(21)27-15-19)20-9-4-5-10-23(20)31-3/h4-10,13-16H,11-12H2,1-3H3,(H,26,30)(H,27,28). The number of likely N-dealkylation sites (N-methyl/N-ethyl adjacent to an activating group) is 1. The molecule has 0 radical (unpaired) electrons. The van der Waals surface area contributed by atoms with Crippen LogP contribution in [0, 0.1) is 0 Å². The Morgan fingerprint density at radius 1 is 1.06 bits per heavy atom. The van der Waals surface area contributed by atoms with Crippen molar-refractivity contribution in [3.05, 3.63) is 72.6 Å². The SMILES string of the molecule is COc1ccccc1-c1c[nH]c2ncc(-c3cccc(C(=O)NCCN(C)C)c3)cc12. The zero-order valence-corrected chi connectivity index (χ0v) is 18.0. The average Bonchev–Trinajstić information content (AvgIpc) is 3.22. The summed E-state index contributed by atoms with van der Waals surface area (Å²) in [6, 6.07) is 17.7. The van der Waals surface area contributed by atoms with Crippen molar-refractivity contribution in [3.63, 3.8) is 0 Å². The largest absolute Gasteiger partial charge is 0.496 e. The molecule has 0 aliphatic carbocycles. The summed E-state index contributed by atoms with van der Waals surface area (Å²) in [6.07, 6.45) is 3.78. The van der Waals surface area contributed by atoms with Crippen LogP contribution in [0.5, 0.6) is 5.75 Å². The van der Waals surface area contributed by atoms with E-state index in [1.54, 1.807) is 7.11 Å². The molecule has 6 heteroatoms. The third-order valence-electron chi connectivity index (χ3n) is 5.23. The molecule has 31 heavy (non-hydrogen) atoms. The molecule has 2 N–H and O–H groups in total. The second-order valence-corrected chi connectivity index (χ2v) is 7.66. The van der Waals surface area contributed by atoms with E-state index < -0.39 is 0 Å². The van der Waals surface area contributed by atoms with Gasteiger partial charge in [-0.25, -0.2) is 4.98 Å². The smallest absolute Gasteiger partial charge is 0.251 e. The number of fused-ring (bicyclic) bond motifs is 1. The first-order valence-corrected chi connectivity index (χ1v) is 10.2. The van der Waals surface area contributed by atoms with Gasteiger partial charge in [0.25, 0.3) is 5.91 Å². The Bertz CT molecular complexity index is 1210. The van der Waals surface area contributed by atoms with Gasteiger partial charge in [-0.3, -0.25) is 4.79 Å². The summed E-state index contributed by atoms with van der Waals surface area (Å²) in [6.45, 7) is 1.40. The fourth-order valence-electron chi connectivity index (χ4n) is 3.59. The van der Waals surface area contributed by atoms with Gasteiger partial charge in [-0.1, -0.05) is 30.3 Å². The summed E-state index contributed by atoms with van der Waals surface area (Å²) < 4.78 is 5.54. The lowest BCUT2D eigenvalue weighted by molar-refractivity contribution is 0.0951. The molecular weight excluding hydrogens is 388 g/mol. The first kappa shape index (κ1) is 20.6. The van der Waals surface area contributed by atoms with E-state index in [1.807, 2.05) is 79.9 Å². The van der Waals surface area contributed by atoms with E-state index in [0.29, 0.717) is 12.1 Å². The zero-order valence-electron chi connectivity index (χ0n) is 18.0. The number of hydrogen-bond donors (Lipinski definition) is 2. The first-order chi connectivity index (χ1) is 15.1. The summed E-state index contributed by atoms with van der Waals surface area (Å²) in [5.41, 5.74) is 5.37. The maximum absolute atomic E-state index is 12.5. The number of pyridine rings is 1. The third kappa shape index (κ3) is 4.44. The number of ether oxygens (including phenoxy) is 1. The van der Waals surface area contributed by atoms with E-state index in [0.717, 1.165) is 45.6 Å². The van der Waals surface area contributed by atoms with Crippen molar-refractivity contribution in [3.8, 4) is 28.0 Å². The highest BCUT2D eigenvalue weighted by atomic mass is 16.5. The van der Waals surface area contributed by atoms with Crippen molar-refractivity contribution in [2.75, 3.05) is 34.3 Å². The van der Waals surface area contributed by atoms with Crippen molar-refractivity contribution in [2.24, 2.45) is 0 Å². The monoisotopic (exact) mass is 414 g/mol. The molecule has 0 atom stereocenters. The quantitative estimate of drug-likeness (QED) is 0.476. The number of methoxy groups -OCH3 is 1. The Balaban J connectivity index is 1.67. The minimum atomic E-state index is -0.0749. The van der Waals surface area contributed by atoms with Gasteiger partial charge in [0.05, 0.1) is 7.11 Å². The van der Waals surface area contributed by atoms with Gasteiger partial charge in [0, 0.05) is 53.1 Å². The predicted molar refractivity (Wildman–Crippen MR) is 124 cm³/mol. The minimum Gasteiger partial charge on any atom is -0.496 e. The van der Waals surface area contributed by atoms with Crippen LogP contribution in [0.4, 0.5) is 0 Å². The van der Waals surface area contributed by atoms with E-state index in [1.165, 1.54) is 0 Å². The fraction of sp³-hybridized carbons (Fsp3) is 0.200. The number of hydrogen-bond acceptors (Lipinski definition) is 4. The molecule has 2 aromatic heterocycles. The molecule has 2 aromatic carbocycles. The van der Waals surface area contributed by atoms with Crippen LogP contribution in [0.3, 0.4) is 0 Å². The molecule has 0 aliphatic heterocycles. The molecule has 4 aromatic rings. The normalized spacial score (nSPS) is 11.1. The number of aromatic nitrogens is 2. The van der Waals surface area contributed by atoms with Gasteiger partial charge in [0.2, 0.25) is 0 Å². The van der Waals surface area contributed by atoms with Gasteiger partial charge in [0.15, 0.2) is 0 Å². The molecule has 6 nitrogen and oxygen atoms in total. The van der Waals surface area contributed by atoms with Crippen molar-refractivity contribution < 1.29 is 9.53 Å². The van der Waals surface area contributed by atoms with Crippen molar-refractivity contribution in [2.45, 2.75) is 0 Å². The Labute approximate surface area is 181 Å². The highest BCUT2D eigenvalue weighted by Crippen LogP contribution is 2.36. The maximum atomic E-state index is 12.5. The number of rotatable bonds is 7. The van der Waals surface area contributed by atoms with Crippen LogP contribution in [-0.2, 0) is 0 Å². The van der Waals surface area contributed by atoms with Crippen LogP contribution in [0.1, 0.15) is 10.4 Å². The number of aromatic amines is 1. The van der Waals surface area contributed by atoms with E-state index in [-0.39, 0.29) is 5.91 Å². The van der Waals surface area contributed by atoms with Crippen LogP contribution in [0.15, 0.2) is 67.0 Å². The Hall–Kier alpha value is -3.64. The van der Waals surface area contributed by atoms with Gasteiger partial charge in [-0.05, 0) is 43.9 Å². The Kier molecular flexibility index (Phi) is 6.00. The molecule has 0 bridgehead atoms. The number of carbonyl (C=O) groups is 1. The van der Waals surface area contributed by atoms with Gasteiger partial charge >= 0.3 is 0 Å². The van der Waals surface area contributed by atoms with Crippen molar-refractivity contribution >= 4 is 16.9 Å². The van der Waals surface area contributed by atoms with Gasteiger partial charge in [-0.2, -0.15) is 0 Å². The molecule has 0 aliphatic rings. The molecule has 0 saturated carbocycles. The van der Waals surface area contributed by atoms with Crippen LogP contribution in [0.2, 0.25) is 0 Å². The van der Waals surface area contributed by atoms with Gasteiger partial charge in [-0.15, -0.1) is 0 Å². The molecule has 0 saturated heterocycles. The molecule has 0 spiro atoms. The molecular formula is C25H26N4O2. The lowest BCUT2D eigenvalue weighted by Crippen LogP contribution is -2.31. The van der Waals surface area contributed by atoms with Gasteiger partial charge < -0.3 is 19.9 Å². The highest BCUT2D eigenvalue weighted by molar-refractivity contribution is 5.98. The number of nitrogens with one attached hydrogen (secondary N) is 2. The lowest BCUT2D eigenvalue weighted by Gasteiger charge is -2.11. The summed E-state index contributed by atoms with van der Waals surface area (Å²) in [4.78, 5) is 22.4. The molecule has 2 heterocycles. The van der Waals surface area contributed by atoms with Crippen molar-refractivity contribution in [1.82, 2.24) is 20.2 Å². The average molecular weight is 415 g/mol. The number of para-hydroxylation sites is 1. The number of carbonyl (C=O) groups excluding carboxylic acids is 1. The van der Waals surface area contributed by atoms with Crippen molar-refractivity contribution in [1.29, 1.82) is 0 Å². The zero-order chi connectivity index (χ0) is 21.8. The van der Waals surface area contributed by atoms with Gasteiger partial charge in [0.1, 0.15) is 11.4 Å². The number of nitrogens with zero attached hydrogens (tertiary/aromatic N) is 2. The number of benzene rings is 2. The molecule has 4 rings (SSSR count). The molecule has 1 amide bonds. The van der Waals surface area contributed by atoms with E-state index >= 15 is 0 Å². The first-order valence-electron chi connectivity index (χ1n) is 10.2. The summed E-state index contributed by atoms with van der Waals surface area (Å²) in [5.74, 6) is 0.735. The van der Waals surface area contributed by atoms with Crippen LogP contribution in [-0.4, -0.2) is 55.1 Å². The van der Waals surface area contributed by atoms with Crippen LogP contribution in [0.25, 0.3) is 33.3 Å².